The molecular formula is C20H27FN2O2. The molecule has 1 spiro atoms. The number of hydrogen-bond donors (Lipinski definition) is 0. The SMILES string of the molecule is O=C([C@@H]1CCC[C@@]12CCN(Cc1ccccc1F)C2)N1CCOCC1. The molecule has 2 saturated heterocycles. The van der Waals surface area contributed by atoms with Crippen molar-refractivity contribution in [1.82, 2.24) is 9.80 Å². The molecule has 3 aliphatic rings. The normalized spacial score (nSPS) is 30.3. The number of nitrogens with zero attached hydrogens (tertiary/aromatic N) is 2. The van der Waals surface area contributed by atoms with Crippen LogP contribution < -0.4 is 0 Å². The lowest BCUT2D eigenvalue weighted by molar-refractivity contribution is -0.143. The van der Waals surface area contributed by atoms with Crippen LogP contribution in [-0.2, 0) is 16.1 Å². The van der Waals surface area contributed by atoms with Crippen molar-refractivity contribution < 1.29 is 13.9 Å². The lowest BCUT2D eigenvalue weighted by Crippen LogP contribution is -2.47. The minimum atomic E-state index is -0.129. The lowest BCUT2D eigenvalue weighted by atomic mass is 9.76. The molecule has 4 rings (SSSR count). The first kappa shape index (κ1) is 17.0. The van der Waals surface area contributed by atoms with Crippen molar-refractivity contribution in [2.75, 3.05) is 39.4 Å². The third-order valence-electron chi connectivity index (χ3n) is 6.34. The Kier molecular flexibility index (Phi) is 4.78. The highest BCUT2D eigenvalue weighted by Crippen LogP contribution is 2.50. The van der Waals surface area contributed by atoms with Gasteiger partial charge in [-0.2, -0.15) is 0 Å². The van der Waals surface area contributed by atoms with Crippen molar-refractivity contribution in [3.63, 3.8) is 0 Å². The molecule has 1 aromatic rings. The van der Waals surface area contributed by atoms with E-state index in [-0.39, 0.29) is 17.2 Å². The van der Waals surface area contributed by atoms with Crippen LogP contribution in [0.2, 0.25) is 0 Å². The van der Waals surface area contributed by atoms with E-state index in [1.807, 2.05) is 17.0 Å². The van der Waals surface area contributed by atoms with Crippen molar-refractivity contribution in [3.8, 4) is 0 Å². The maximum absolute atomic E-state index is 14.0. The van der Waals surface area contributed by atoms with Crippen LogP contribution in [0.3, 0.4) is 0 Å². The molecular weight excluding hydrogens is 319 g/mol. The molecule has 0 bridgehead atoms. The number of halogens is 1. The zero-order valence-corrected chi connectivity index (χ0v) is 14.8. The summed E-state index contributed by atoms with van der Waals surface area (Å²) < 4.78 is 19.3. The number of hydrogen-bond acceptors (Lipinski definition) is 3. The van der Waals surface area contributed by atoms with Gasteiger partial charge in [0.05, 0.1) is 13.2 Å². The molecule has 0 aromatic heterocycles. The Hall–Kier alpha value is -1.46. The first-order chi connectivity index (χ1) is 12.2. The fourth-order valence-electron chi connectivity index (χ4n) is 5.00. The van der Waals surface area contributed by atoms with E-state index in [1.165, 1.54) is 6.07 Å². The van der Waals surface area contributed by atoms with Gasteiger partial charge in [-0.25, -0.2) is 4.39 Å². The average Bonchev–Trinajstić information content (AvgIpc) is 3.24. The second kappa shape index (κ2) is 7.04. The van der Waals surface area contributed by atoms with E-state index in [1.54, 1.807) is 6.07 Å². The Balaban J connectivity index is 1.44. The van der Waals surface area contributed by atoms with Crippen LogP contribution in [0.1, 0.15) is 31.2 Å². The first-order valence-corrected chi connectivity index (χ1v) is 9.50. The van der Waals surface area contributed by atoms with E-state index in [9.17, 15) is 9.18 Å². The number of carbonyl (C=O) groups is 1. The van der Waals surface area contributed by atoms with Gasteiger partial charge in [0.1, 0.15) is 5.82 Å². The van der Waals surface area contributed by atoms with Gasteiger partial charge in [-0.15, -0.1) is 0 Å². The monoisotopic (exact) mass is 346 g/mol. The summed E-state index contributed by atoms with van der Waals surface area (Å²) in [6.07, 6.45) is 4.32. The van der Waals surface area contributed by atoms with E-state index in [2.05, 4.69) is 4.90 Å². The Morgan fingerprint density at radius 1 is 1.20 bits per heavy atom. The van der Waals surface area contributed by atoms with Crippen molar-refractivity contribution in [3.05, 3.63) is 35.6 Å². The van der Waals surface area contributed by atoms with Gasteiger partial charge in [-0.3, -0.25) is 9.69 Å². The van der Waals surface area contributed by atoms with Crippen molar-refractivity contribution >= 4 is 5.91 Å². The van der Waals surface area contributed by atoms with Crippen molar-refractivity contribution in [2.45, 2.75) is 32.2 Å². The molecule has 1 amide bonds. The van der Waals surface area contributed by atoms with Crippen LogP contribution in [0.5, 0.6) is 0 Å². The first-order valence-electron chi connectivity index (χ1n) is 9.50. The summed E-state index contributed by atoms with van der Waals surface area (Å²) in [5.41, 5.74) is 0.856. The number of benzene rings is 1. The summed E-state index contributed by atoms with van der Waals surface area (Å²) >= 11 is 0. The van der Waals surface area contributed by atoms with Crippen LogP contribution in [-0.4, -0.2) is 55.1 Å². The second-order valence-corrected chi connectivity index (χ2v) is 7.80. The molecule has 136 valence electrons. The lowest BCUT2D eigenvalue weighted by Gasteiger charge is -2.36. The molecule has 25 heavy (non-hydrogen) atoms. The molecule has 0 N–H and O–H groups in total. The molecule has 2 heterocycles. The molecule has 1 aliphatic carbocycles. The van der Waals surface area contributed by atoms with Gasteiger partial charge in [0.25, 0.3) is 0 Å². The minimum absolute atomic E-state index is 0.0979. The van der Waals surface area contributed by atoms with Gasteiger partial charge in [0, 0.05) is 37.7 Å². The van der Waals surface area contributed by atoms with Gasteiger partial charge >= 0.3 is 0 Å². The molecule has 1 saturated carbocycles. The molecule has 1 aromatic carbocycles. The molecule has 0 radical (unpaired) electrons. The number of carbonyl (C=O) groups excluding carboxylic acids is 1. The van der Waals surface area contributed by atoms with Crippen molar-refractivity contribution in [1.29, 1.82) is 0 Å². The summed E-state index contributed by atoms with van der Waals surface area (Å²) in [5, 5.41) is 0. The second-order valence-electron chi connectivity index (χ2n) is 7.80. The van der Waals surface area contributed by atoms with Gasteiger partial charge in [0.2, 0.25) is 5.91 Å². The van der Waals surface area contributed by atoms with Crippen LogP contribution in [0.15, 0.2) is 24.3 Å². The van der Waals surface area contributed by atoms with Crippen LogP contribution in [0.4, 0.5) is 4.39 Å². The Labute approximate surface area is 148 Å². The van der Waals surface area contributed by atoms with E-state index >= 15 is 0 Å². The Bertz CT molecular complexity index is 632. The smallest absolute Gasteiger partial charge is 0.226 e. The topological polar surface area (TPSA) is 32.8 Å². The largest absolute Gasteiger partial charge is 0.378 e. The predicted octanol–water partition coefficient (Wildman–Crippen LogP) is 2.68. The molecule has 3 fully saturated rings. The molecule has 2 atom stereocenters. The highest BCUT2D eigenvalue weighted by molar-refractivity contribution is 5.80. The zero-order chi connectivity index (χ0) is 17.3. The molecule has 5 heteroatoms. The highest BCUT2D eigenvalue weighted by Gasteiger charge is 2.51. The highest BCUT2D eigenvalue weighted by atomic mass is 19.1. The Morgan fingerprint density at radius 2 is 2.00 bits per heavy atom. The van der Waals surface area contributed by atoms with Crippen molar-refractivity contribution in [2.24, 2.45) is 11.3 Å². The van der Waals surface area contributed by atoms with Crippen LogP contribution in [0.25, 0.3) is 0 Å². The fraction of sp³-hybridized carbons (Fsp3) is 0.650. The van der Waals surface area contributed by atoms with Gasteiger partial charge < -0.3 is 9.64 Å². The maximum Gasteiger partial charge on any atom is 0.226 e. The summed E-state index contributed by atoms with van der Waals surface area (Å²) in [6.45, 7) is 5.29. The summed E-state index contributed by atoms with van der Waals surface area (Å²) in [4.78, 5) is 17.4. The maximum atomic E-state index is 14.0. The molecule has 2 aliphatic heterocycles. The van der Waals surface area contributed by atoms with E-state index in [0.717, 1.165) is 57.4 Å². The summed E-state index contributed by atoms with van der Waals surface area (Å²) in [6, 6.07) is 7.02. The van der Waals surface area contributed by atoms with E-state index in [0.29, 0.717) is 25.7 Å². The standard InChI is InChI=1S/C20H27FN2O2/c21-18-6-2-1-4-16(18)14-22-9-8-20(15-22)7-3-5-17(20)19(24)23-10-12-25-13-11-23/h1-2,4,6,17H,3,5,7-15H2/t17-,20-/m0/s1. The summed E-state index contributed by atoms with van der Waals surface area (Å²) in [5.74, 6) is 0.334. The van der Waals surface area contributed by atoms with Gasteiger partial charge in [0.15, 0.2) is 0 Å². The van der Waals surface area contributed by atoms with E-state index in [4.69, 9.17) is 4.74 Å². The third kappa shape index (κ3) is 3.32. The molecule has 0 unspecified atom stereocenters. The number of rotatable bonds is 3. The van der Waals surface area contributed by atoms with E-state index < -0.39 is 0 Å². The average molecular weight is 346 g/mol. The zero-order valence-electron chi connectivity index (χ0n) is 14.8. The predicted molar refractivity (Wildman–Crippen MR) is 93.5 cm³/mol. The number of likely N-dealkylation sites (tertiary alicyclic amines) is 1. The third-order valence-corrected chi connectivity index (χ3v) is 6.34. The summed E-state index contributed by atoms with van der Waals surface area (Å²) in [7, 11) is 0. The van der Waals surface area contributed by atoms with Crippen LogP contribution in [0, 0.1) is 17.2 Å². The number of ether oxygens (including phenoxy) is 1. The Morgan fingerprint density at radius 3 is 2.80 bits per heavy atom. The number of morpholine rings is 1. The quantitative estimate of drug-likeness (QED) is 0.844. The van der Waals surface area contributed by atoms with Gasteiger partial charge in [-0.1, -0.05) is 24.6 Å². The van der Waals surface area contributed by atoms with Gasteiger partial charge in [-0.05, 0) is 37.3 Å². The molecule has 4 nitrogen and oxygen atoms in total. The minimum Gasteiger partial charge on any atom is -0.378 e. The fourth-order valence-corrected chi connectivity index (χ4v) is 5.00. The number of amides is 1. The van der Waals surface area contributed by atoms with Crippen LogP contribution >= 0.6 is 0 Å².